The van der Waals surface area contributed by atoms with Crippen LogP contribution in [0.5, 0.6) is 0 Å². The summed E-state index contributed by atoms with van der Waals surface area (Å²) in [6.45, 7) is 2.01. The quantitative estimate of drug-likeness (QED) is 0.766. The standard InChI is InChI=1S/C12H12ClN3/c1-9-3-4-10(16-8-9)7-11(13)12-14-5-2-6-15-12/h2-6,8,11H,7H2,1H3. The fraction of sp³-hybridized carbons (Fsp3) is 0.250. The number of hydrogen-bond acceptors (Lipinski definition) is 3. The molecule has 1 unspecified atom stereocenters. The first-order chi connectivity index (χ1) is 7.75. The summed E-state index contributed by atoms with van der Waals surface area (Å²) >= 11 is 6.22. The molecule has 2 rings (SSSR count). The van der Waals surface area contributed by atoms with Crippen LogP contribution < -0.4 is 0 Å². The van der Waals surface area contributed by atoms with Crippen molar-refractivity contribution < 1.29 is 0 Å². The Balaban J connectivity index is 2.08. The van der Waals surface area contributed by atoms with Crippen molar-refractivity contribution in [2.24, 2.45) is 0 Å². The van der Waals surface area contributed by atoms with Crippen LogP contribution in [0.15, 0.2) is 36.8 Å². The first kappa shape index (κ1) is 11.0. The van der Waals surface area contributed by atoms with Crippen LogP contribution in [-0.4, -0.2) is 15.0 Å². The van der Waals surface area contributed by atoms with Crippen molar-refractivity contribution in [2.45, 2.75) is 18.7 Å². The highest BCUT2D eigenvalue weighted by molar-refractivity contribution is 6.20. The van der Waals surface area contributed by atoms with Gasteiger partial charge in [0.25, 0.3) is 0 Å². The molecule has 0 bridgehead atoms. The molecule has 2 aromatic heterocycles. The number of hydrogen-bond donors (Lipinski definition) is 0. The van der Waals surface area contributed by atoms with Gasteiger partial charge in [0.1, 0.15) is 5.82 Å². The van der Waals surface area contributed by atoms with Crippen molar-refractivity contribution in [1.29, 1.82) is 0 Å². The average Bonchev–Trinajstić information content (AvgIpc) is 2.33. The van der Waals surface area contributed by atoms with E-state index >= 15 is 0 Å². The van der Waals surface area contributed by atoms with Crippen LogP contribution >= 0.6 is 11.6 Å². The third-order valence-corrected chi connectivity index (χ3v) is 2.58. The van der Waals surface area contributed by atoms with Gasteiger partial charge < -0.3 is 0 Å². The largest absolute Gasteiger partial charge is 0.261 e. The van der Waals surface area contributed by atoms with Crippen LogP contribution in [0.4, 0.5) is 0 Å². The van der Waals surface area contributed by atoms with Crippen LogP contribution in [0.1, 0.15) is 22.5 Å². The second-order valence-corrected chi connectivity index (χ2v) is 4.13. The second-order valence-electron chi connectivity index (χ2n) is 3.61. The van der Waals surface area contributed by atoms with Gasteiger partial charge in [-0.1, -0.05) is 6.07 Å². The second kappa shape index (κ2) is 5.03. The number of aromatic nitrogens is 3. The van der Waals surface area contributed by atoms with Crippen LogP contribution in [0.3, 0.4) is 0 Å². The molecule has 0 spiro atoms. The maximum Gasteiger partial charge on any atom is 0.146 e. The molecule has 0 aliphatic carbocycles. The Kier molecular flexibility index (Phi) is 3.47. The molecular formula is C12H12ClN3. The Labute approximate surface area is 99.5 Å². The first-order valence-electron chi connectivity index (χ1n) is 5.08. The summed E-state index contributed by atoms with van der Waals surface area (Å²) < 4.78 is 0. The van der Waals surface area contributed by atoms with Crippen LogP contribution in [0, 0.1) is 6.92 Å². The van der Waals surface area contributed by atoms with Gasteiger partial charge in [-0.2, -0.15) is 0 Å². The molecule has 0 fully saturated rings. The summed E-state index contributed by atoms with van der Waals surface area (Å²) in [6.07, 6.45) is 5.87. The first-order valence-corrected chi connectivity index (χ1v) is 5.52. The Bertz CT molecular complexity index is 442. The highest BCUT2D eigenvalue weighted by Crippen LogP contribution is 2.20. The zero-order valence-electron chi connectivity index (χ0n) is 8.97. The number of halogens is 1. The minimum Gasteiger partial charge on any atom is -0.261 e. The molecule has 16 heavy (non-hydrogen) atoms. The van der Waals surface area contributed by atoms with E-state index in [9.17, 15) is 0 Å². The number of alkyl halides is 1. The van der Waals surface area contributed by atoms with Crippen molar-refractivity contribution in [2.75, 3.05) is 0 Å². The average molecular weight is 234 g/mol. The SMILES string of the molecule is Cc1ccc(CC(Cl)c2ncccn2)nc1. The van der Waals surface area contributed by atoms with Crippen molar-refractivity contribution in [3.63, 3.8) is 0 Å². The number of pyridine rings is 1. The van der Waals surface area contributed by atoms with Gasteiger partial charge >= 0.3 is 0 Å². The summed E-state index contributed by atoms with van der Waals surface area (Å²) in [5, 5.41) is -0.226. The molecule has 1 atom stereocenters. The molecule has 0 saturated heterocycles. The smallest absolute Gasteiger partial charge is 0.146 e. The summed E-state index contributed by atoms with van der Waals surface area (Å²) in [4.78, 5) is 12.5. The van der Waals surface area contributed by atoms with Crippen molar-refractivity contribution in [3.05, 3.63) is 53.9 Å². The Morgan fingerprint density at radius 2 is 1.94 bits per heavy atom. The number of aryl methyl sites for hydroxylation is 1. The minimum absolute atomic E-state index is 0.226. The van der Waals surface area contributed by atoms with E-state index in [0.717, 1.165) is 11.3 Å². The molecular weight excluding hydrogens is 222 g/mol. The lowest BCUT2D eigenvalue weighted by Gasteiger charge is -2.06. The normalized spacial score (nSPS) is 12.4. The highest BCUT2D eigenvalue weighted by atomic mass is 35.5. The molecule has 2 heterocycles. The van der Waals surface area contributed by atoms with Crippen molar-refractivity contribution in [1.82, 2.24) is 15.0 Å². The van der Waals surface area contributed by atoms with E-state index in [-0.39, 0.29) is 5.38 Å². The maximum absolute atomic E-state index is 6.22. The predicted octanol–water partition coefficient (Wildman–Crippen LogP) is 2.70. The molecule has 0 amide bonds. The van der Waals surface area contributed by atoms with Gasteiger partial charge in [-0.05, 0) is 24.6 Å². The Hall–Kier alpha value is -1.48. The number of rotatable bonds is 3. The predicted molar refractivity (Wildman–Crippen MR) is 63.3 cm³/mol. The highest BCUT2D eigenvalue weighted by Gasteiger charge is 2.11. The summed E-state index contributed by atoms with van der Waals surface area (Å²) in [6, 6.07) is 5.78. The molecule has 0 N–H and O–H groups in total. The Morgan fingerprint density at radius 1 is 1.19 bits per heavy atom. The van der Waals surface area contributed by atoms with E-state index < -0.39 is 0 Å². The van der Waals surface area contributed by atoms with Gasteiger partial charge in [0.2, 0.25) is 0 Å². The summed E-state index contributed by atoms with van der Waals surface area (Å²) in [7, 11) is 0. The van der Waals surface area contributed by atoms with E-state index in [0.29, 0.717) is 12.2 Å². The zero-order chi connectivity index (χ0) is 11.4. The van der Waals surface area contributed by atoms with E-state index in [2.05, 4.69) is 15.0 Å². The van der Waals surface area contributed by atoms with Crippen LogP contribution in [0.25, 0.3) is 0 Å². The lowest BCUT2D eigenvalue weighted by molar-refractivity contribution is 0.805. The van der Waals surface area contributed by atoms with E-state index in [4.69, 9.17) is 11.6 Å². The van der Waals surface area contributed by atoms with Gasteiger partial charge in [0.05, 0.1) is 5.38 Å². The topological polar surface area (TPSA) is 38.7 Å². The van der Waals surface area contributed by atoms with Crippen LogP contribution in [-0.2, 0) is 6.42 Å². The molecule has 3 nitrogen and oxygen atoms in total. The minimum atomic E-state index is -0.226. The third-order valence-electron chi connectivity index (χ3n) is 2.23. The molecule has 0 saturated carbocycles. The lowest BCUT2D eigenvalue weighted by Crippen LogP contribution is -2.02. The fourth-order valence-corrected chi connectivity index (χ4v) is 1.64. The third kappa shape index (κ3) is 2.76. The molecule has 2 aromatic rings. The van der Waals surface area contributed by atoms with Gasteiger partial charge in [0.15, 0.2) is 0 Å². The molecule has 0 aromatic carbocycles. The monoisotopic (exact) mass is 233 g/mol. The summed E-state index contributed by atoms with van der Waals surface area (Å²) in [5.74, 6) is 0.645. The Morgan fingerprint density at radius 3 is 2.56 bits per heavy atom. The van der Waals surface area contributed by atoms with Crippen LogP contribution in [0.2, 0.25) is 0 Å². The summed E-state index contributed by atoms with van der Waals surface area (Å²) in [5.41, 5.74) is 2.10. The molecule has 4 heteroatoms. The molecule has 0 aliphatic rings. The lowest BCUT2D eigenvalue weighted by atomic mass is 10.2. The van der Waals surface area contributed by atoms with E-state index in [1.807, 2.05) is 25.3 Å². The van der Waals surface area contributed by atoms with Crippen molar-refractivity contribution in [3.8, 4) is 0 Å². The van der Waals surface area contributed by atoms with E-state index in [1.165, 1.54) is 0 Å². The molecule has 0 radical (unpaired) electrons. The molecule has 0 aliphatic heterocycles. The van der Waals surface area contributed by atoms with Crippen molar-refractivity contribution >= 4 is 11.6 Å². The van der Waals surface area contributed by atoms with Gasteiger partial charge in [0, 0.05) is 30.7 Å². The maximum atomic E-state index is 6.22. The number of nitrogens with zero attached hydrogens (tertiary/aromatic N) is 3. The van der Waals surface area contributed by atoms with Gasteiger partial charge in [-0.15, -0.1) is 11.6 Å². The van der Waals surface area contributed by atoms with Gasteiger partial charge in [-0.3, -0.25) is 4.98 Å². The van der Waals surface area contributed by atoms with Gasteiger partial charge in [-0.25, -0.2) is 9.97 Å². The van der Waals surface area contributed by atoms with E-state index in [1.54, 1.807) is 18.5 Å². The fourth-order valence-electron chi connectivity index (χ4n) is 1.37. The zero-order valence-corrected chi connectivity index (χ0v) is 9.72. The molecule has 82 valence electrons.